The van der Waals surface area contributed by atoms with Gasteiger partial charge in [0.15, 0.2) is 4.34 Å². The van der Waals surface area contributed by atoms with Crippen LogP contribution in [-0.2, 0) is 5.41 Å². The Hall–Kier alpha value is -2.14. The van der Waals surface area contributed by atoms with Crippen molar-refractivity contribution in [2.24, 2.45) is 0 Å². The molecule has 4 rings (SSSR count). The zero-order valence-corrected chi connectivity index (χ0v) is 16.2. The predicted octanol–water partition coefficient (Wildman–Crippen LogP) is 5.90. The largest absolute Gasteiger partial charge is 0.257 e. The van der Waals surface area contributed by atoms with Crippen LogP contribution in [0.4, 0.5) is 0 Å². The molecule has 0 bridgehead atoms. The van der Waals surface area contributed by atoms with Gasteiger partial charge in [0.25, 0.3) is 0 Å². The van der Waals surface area contributed by atoms with Gasteiger partial charge in [-0.05, 0) is 35.2 Å². The van der Waals surface area contributed by atoms with Gasteiger partial charge in [-0.3, -0.25) is 4.72 Å². The van der Waals surface area contributed by atoms with Gasteiger partial charge in [0, 0.05) is 12.0 Å². The zero-order chi connectivity index (χ0) is 17.8. The minimum absolute atomic E-state index is 0.105. The Morgan fingerprint density at radius 2 is 1.42 bits per heavy atom. The number of aromatic nitrogens is 1. The highest BCUT2D eigenvalue weighted by Gasteiger charge is 2.28. The highest BCUT2D eigenvalue weighted by molar-refractivity contribution is 7.99. The van der Waals surface area contributed by atoms with Crippen molar-refractivity contribution in [2.75, 3.05) is 6.54 Å². The fourth-order valence-corrected chi connectivity index (χ4v) is 5.06. The molecule has 2 nitrogen and oxygen atoms in total. The Bertz CT molecular complexity index is 908. The molecule has 0 spiro atoms. The molecule has 26 heavy (non-hydrogen) atoms. The molecule has 0 fully saturated rings. The number of para-hydroxylation sites is 1. The first-order valence-electron chi connectivity index (χ1n) is 8.62. The summed E-state index contributed by atoms with van der Waals surface area (Å²) in [6, 6.07) is 29.7. The van der Waals surface area contributed by atoms with E-state index in [0.717, 1.165) is 16.4 Å². The monoisotopic (exact) mass is 376 g/mol. The second-order valence-corrected chi connectivity index (χ2v) is 8.60. The van der Waals surface area contributed by atoms with Crippen LogP contribution in [0.15, 0.2) is 89.3 Å². The minimum atomic E-state index is -0.105. The summed E-state index contributed by atoms with van der Waals surface area (Å²) in [7, 11) is 0. The molecule has 130 valence electrons. The second kappa shape index (κ2) is 7.62. The van der Waals surface area contributed by atoms with Gasteiger partial charge >= 0.3 is 0 Å². The number of hydrogen-bond acceptors (Lipinski definition) is 4. The van der Waals surface area contributed by atoms with E-state index in [1.165, 1.54) is 15.8 Å². The van der Waals surface area contributed by atoms with Gasteiger partial charge in [0.2, 0.25) is 0 Å². The number of thiazole rings is 1. The summed E-state index contributed by atoms with van der Waals surface area (Å²) < 4.78 is 5.84. The van der Waals surface area contributed by atoms with Gasteiger partial charge in [-0.1, -0.05) is 79.7 Å². The van der Waals surface area contributed by atoms with Crippen molar-refractivity contribution in [3.63, 3.8) is 0 Å². The fraction of sp³-hybridized carbons (Fsp3) is 0.136. The molecule has 0 saturated heterocycles. The quantitative estimate of drug-likeness (QED) is 0.424. The number of fused-ring (bicyclic) bond motifs is 1. The van der Waals surface area contributed by atoms with Crippen molar-refractivity contribution in [3.05, 3.63) is 96.1 Å². The van der Waals surface area contributed by atoms with Crippen LogP contribution in [0, 0.1) is 0 Å². The summed E-state index contributed by atoms with van der Waals surface area (Å²) in [5.74, 6) is 0. The minimum Gasteiger partial charge on any atom is -0.257 e. The molecule has 0 aliphatic carbocycles. The van der Waals surface area contributed by atoms with Crippen molar-refractivity contribution in [1.82, 2.24) is 9.71 Å². The van der Waals surface area contributed by atoms with Gasteiger partial charge in [0.05, 0.1) is 10.2 Å². The summed E-state index contributed by atoms with van der Waals surface area (Å²) in [5, 5.41) is 0. The molecule has 0 aliphatic rings. The first-order chi connectivity index (χ1) is 12.8. The van der Waals surface area contributed by atoms with E-state index < -0.39 is 0 Å². The van der Waals surface area contributed by atoms with Gasteiger partial charge in [0.1, 0.15) is 0 Å². The van der Waals surface area contributed by atoms with Crippen LogP contribution < -0.4 is 4.72 Å². The van der Waals surface area contributed by atoms with Crippen LogP contribution in [-0.4, -0.2) is 11.5 Å². The Morgan fingerprint density at radius 3 is 2.04 bits per heavy atom. The van der Waals surface area contributed by atoms with E-state index in [9.17, 15) is 0 Å². The SMILES string of the molecule is CC(CNSc1nc2ccccc2s1)(c1ccccc1)c1ccccc1. The molecule has 0 radical (unpaired) electrons. The molecule has 4 aromatic rings. The smallest absolute Gasteiger partial charge is 0.166 e. The Kier molecular flexibility index (Phi) is 5.07. The molecule has 4 heteroatoms. The third kappa shape index (κ3) is 3.54. The Morgan fingerprint density at radius 1 is 0.846 bits per heavy atom. The van der Waals surface area contributed by atoms with Crippen LogP contribution in [0.2, 0.25) is 0 Å². The van der Waals surface area contributed by atoms with E-state index in [1.807, 2.05) is 6.07 Å². The number of nitrogens with one attached hydrogen (secondary N) is 1. The summed E-state index contributed by atoms with van der Waals surface area (Å²) >= 11 is 3.35. The maximum Gasteiger partial charge on any atom is 0.166 e. The molecular weight excluding hydrogens is 356 g/mol. The molecule has 0 atom stereocenters. The number of rotatable bonds is 6. The highest BCUT2D eigenvalue weighted by atomic mass is 32.2. The summed E-state index contributed by atoms with van der Waals surface area (Å²) in [6.45, 7) is 3.12. The first-order valence-corrected chi connectivity index (χ1v) is 10.3. The van der Waals surface area contributed by atoms with Gasteiger partial charge < -0.3 is 0 Å². The third-order valence-electron chi connectivity index (χ3n) is 4.68. The van der Waals surface area contributed by atoms with E-state index in [4.69, 9.17) is 4.98 Å². The van der Waals surface area contributed by atoms with Crippen molar-refractivity contribution in [1.29, 1.82) is 0 Å². The Labute approximate surface area is 162 Å². The average molecular weight is 377 g/mol. The van der Waals surface area contributed by atoms with E-state index in [1.54, 1.807) is 23.3 Å². The molecule has 0 unspecified atom stereocenters. The summed E-state index contributed by atoms with van der Waals surface area (Å²) in [6.07, 6.45) is 0. The summed E-state index contributed by atoms with van der Waals surface area (Å²) in [4.78, 5) is 4.70. The number of hydrogen-bond donors (Lipinski definition) is 1. The number of benzene rings is 3. The lowest BCUT2D eigenvalue weighted by molar-refractivity contribution is 0.565. The summed E-state index contributed by atoms with van der Waals surface area (Å²) in [5.41, 5.74) is 3.58. The molecule has 0 amide bonds. The first kappa shape index (κ1) is 17.3. The number of nitrogens with zero attached hydrogens (tertiary/aromatic N) is 1. The van der Waals surface area contributed by atoms with Gasteiger partial charge in [-0.25, -0.2) is 4.98 Å². The normalized spacial score (nSPS) is 11.7. The molecule has 1 heterocycles. The van der Waals surface area contributed by atoms with E-state index >= 15 is 0 Å². The lowest BCUT2D eigenvalue weighted by atomic mass is 9.76. The maximum absolute atomic E-state index is 4.70. The lowest BCUT2D eigenvalue weighted by Crippen LogP contribution is -2.34. The molecule has 1 aromatic heterocycles. The lowest BCUT2D eigenvalue weighted by Gasteiger charge is -2.31. The van der Waals surface area contributed by atoms with Crippen LogP contribution in [0.5, 0.6) is 0 Å². The molecule has 1 N–H and O–H groups in total. The van der Waals surface area contributed by atoms with Crippen LogP contribution in [0.3, 0.4) is 0 Å². The Balaban J connectivity index is 1.55. The van der Waals surface area contributed by atoms with E-state index in [2.05, 4.69) is 90.5 Å². The predicted molar refractivity (Wildman–Crippen MR) is 113 cm³/mol. The topological polar surface area (TPSA) is 24.9 Å². The van der Waals surface area contributed by atoms with E-state index in [0.29, 0.717) is 0 Å². The van der Waals surface area contributed by atoms with Crippen molar-refractivity contribution < 1.29 is 0 Å². The van der Waals surface area contributed by atoms with Crippen LogP contribution >= 0.6 is 23.3 Å². The molecular formula is C22H20N2S2. The van der Waals surface area contributed by atoms with Crippen molar-refractivity contribution >= 4 is 33.5 Å². The third-order valence-corrected chi connectivity index (χ3v) is 6.57. The zero-order valence-electron chi connectivity index (χ0n) is 14.6. The average Bonchev–Trinajstić information content (AvgIpc) is 3.12. The van der Waals surface area contributed by atoms with Crippen LogP contribution in [0.1, 0.15) is 18.1 Å². The standard InChI is InChI=1S/C22H20N2S2/c1-22(17-10-4-2-5-11-17,18-12-6-3-7-13-18)16-23-26-21-24-19-14-8-9-15-20(19)25-21/h2-15,23H,16H2,1H3. The highest BCUT2D eigenvalue weighted by Crippen LogP contribution is 2.33. The molecule has 0 saturated carbocycles. The van der Waals surface area contributed by atoms with E-state index in [-0.39, 0.29) is 5.41 Å². The molecule has 0 aliphatic heterocycles. The van der Waals surface area contributed by atoms with Crippen LogP contribution in [0.25, 0.3) is 10.2 Å². The maximum atomic E-state index is 4.70. The van der Waals surface area contributed by atoms with Gasteiger partial charge in [-0.15, -0.1) is 11.3 Å². The molecule has 3 aromatic carbocycles. The van der Waals surface area contributed by atoms with Crippen molar-refractivity contribution in [3.8, 4) is 0 Å². The fourth-order valence-electron chi connectivity index (χ4n) is 3.12. The van der Waals surface area contributed by atoms with Gasteiger partial charge in [-0.2, -0.15) is 0 Å². The second-order valence-electron chi connectivity index (χ2n) is 6.43. The van der Waals surface area contributed by atoms with Crippen molar-refractivity contribution in [2.45, 2.75) is 16.7 Å².